The van der Waals surface area contributed by atoms with E-state index in [1.165, 1.54) is 5.56 Å². The van der Waals surface area contributed by atoms with E-state index in [0.717, 1.165) is 17.0 Å². The van der Waals surface area contributed by atoms with E-state index in [0.29, 0.717) is 18.8 Å². The summed E-state index contributed by atoms with van der Waals surface area (Å²) < 4.78 is 7.36. The zero-order valence-electron chi connectivity index (χ0n) is 13.6. The van der Waals surface area contributed by atoms with Crippen molar-refractivity contribution in [1.29, 1.82) is 0 Å². The average molecular weight is 301 g/mol. The highest BCUT2D eigenvalue weighted by atomic mass is 16.5. The summed E-state index contributed by atoms with van der Waals surface area (Å²) in [6.07, 6.45) is 0. The molecule has 118 valence electrons. The van der Waals surface area contributed by atoms with E-state index in [4.69, 9.17) is 4.74 Å². The molecular formula is C17H23N3O2. The molecule has 2 aromatic rings. The highest BCUT2D eigenvalue weighted by Gasteiger charge is 2.07. The van der Waals surface area contributed by atoms with Crippen LogP contribution in [-0.2, 0) is 11.3 Å². The molecule has 0 aliphatic rings. The van der Waals surface area contributed by atoms with Gasteiger partial charge in [0.1, 0.15) is 5.75 Å². The van der Waals surface area contributed by atoms with Gasteiger partial charge in [-0.2, -0.15) is 5.10 Å². The molecule has 1 aromatic carbocycles. The van der Waals surface area contributed by atoms with Gasteiger partial charge in [-0.25, -0.2) is 0 Å². The summed E-state index contributed by atoms with van der Waals surface area (Å²) in [6, 6.07) is 7.64. The van der Waals surface area contributed by atoms with Crippen LogP contribution < -0.4 is 10.1 Å². The van der Waals surface area contributed by atoms with E-state index in [2.05, 4.69) is 17.3 Å². The molecule has 0 fully saturated rings. The predicted molar refractivity (Wildman–Crippen MR) is 86.1 cm³/mol. The van der Waals surface area contributed by atoms with Crippen molar-refractivity contribution in [2.75, 3.05) is 13.2 Å². The van der Waals surface area contributed by atoms with Crippen LogP contribution in [0.15, 0.2) is 24.3 Å². The molecule has 1 amide bonds. The monoisotopic (exact) mass is 301 g/mol. The molecule has 0 saturated heterocycles. The molecule has 0 saturated carbocycles. The van der Waals surface area contributed by atoms with Crippen molar-refractivity contribution < 1.29 is 9.53 Å². The molecule has 0 radical (unpaired) electrons. The molecular weight excluding hydrogens is 278 g/mol. The van der Waals surface area contributed by atoms with E-state index in [1.807, 2.05) is 49.7 Å². The molecule has 22 heavy (non-hydrogen) atoms. The third-order valence-electron chi connectivity index (χ3n) is 3.78. The number of nitrogens with zero attached hydrogens (tertiary/aromatic N) is 2. The fourth-order valence-electron chi connectivity index (χ4n) is 2.14. The van der Waals surface area contributed by atoms with Crippen molar-refractivity contribution in [2.24, 2.45) is 0 Å². The topological polar surface area (TPSA) is 56.1 Å². The molecule has 1 N–H and O–H groups in total. The smallest absolute Gasteiger partial charge is 0.258 e. The summed E-state index contributed by atoms with van der Waals surface area (Å²) in [6.45, 7) is 9.33. The normalized spacial score (nSPS) is 10.5. The van der Waals surface area contributed by atoms with E-state index in [9.17, 15) is 4.79 Å². The van der Waals surface area contributed by atoms with Crippen molar-refractivity contribution in [2.45, 2.75) is 34.2 Å². The second-order valence-electron chi connectivity index (χ2n) is 5.47. The van der Waals surface area contributed by atoms with Gasteiger partial charge in [0, 0.05) is 12.2 Å². The van der Waals surface area contributed by atoms with Gasteiger partial charge in [0.2, 0.25) is 0 Å². The quantitative estimate of drug-likeness (QED) is 0.891. The van der Waals surface area contributed by atoms with Gasteiger partial charge in [0.15, 0.2) is 6.61 Å². The maximum atomic E-state index is 11.8. The van der Waals surface area contributed by atoms with Gasteiger partial charge in [-0.05, 0) is 45.4 Å². The minimum Gasteiger partial charge on any atom is -0.484 e. The van der Waals surface area contributed by atoms with Crippen molar-refractivity contribution in [1.82, 2.24) is 15.1 Å². The lowest BCUT2D eigenvalue weighted by atomic mass is 10.2. The van der Waals surface area contributed by atoms with Gasteiger partial charge in [0.05, 0.1) is 12.2 Å². The van der Waals surface area contributed by atoms with E-state index >= 15 is 0 Å². The van der Waals surface area contributed by atoms with Crippen LogP contribution in [-0.4, -0.2) is 28.8 Å². The van der Waals surface area contributed by atoms with Crippen LogP contribution in [0.1, 0.15) is 22.5 Å². The van der Waals surface area contributed by atoms with E-state index in [1.54, 1.807) is 0 Å². The van der Waals surface area contributed by atoms with Gasteiger partial charge in [-0.1, -0.05) is 17.7 Å². The number of nitrogens with one attached hydrogen (secondary N) is 1. The predicted octanol–water partition coefficient (Wildman–Crippen LogP) is 2.31. The third kappa shape index (κ3) is 4.10. The Morgan fingerprint density at radius 3 is 2.45 bits per heavy atom. The maximum absolute atomic E-state index is 11.8. The summed E-state index contributed by atoms with van der Waals surface area (Å²) in [4.78, 5) is 11.8. The summed E-state index contributed by atoms with van der Waals surface area (Å²) in [5.74, 6) is 0.578. The third-order valence-corrected chi connectivity index (χ3v) is 3.78. The molecule has 2 rings (SSSR count). The summed E-state index contributed by atoms with van der Waals surface area (Å²) in [7, 11) is 0. The molecule has 0 unspecified atom stereocenters. The zero-order valence-corrected chi connectivity index (χ0v) is 13.6. The number of amides is 1. The molecule has 0 spiro atoms. The molecule has 1 aromatic heterocycles. The number of carbonyl (C=O) groups excluding carboxylic acids is 1. The van der Waals surface area contributed by atoms with Crippen molar-refractivity contribution >= 4 is 5.91 Å². The van der Waals surface area contributed by atoms with Crippen molar-refractivity contribution in [3.05, 3.63) is 46.8 Å². The molecule has 0 bridgehead atoms. The Morgan fingerprint density at radius 1 is 1.18 bits per heavy atom. The fourth-order valence-corrected chi connectivity index (χ4v) is 2.14. The van der Waals surface area contributed by atoms with Crippen LogP contribution in [0.4, 0.5) is 0 Å². The Morgan fingerprint density at radius 2 is 1.86 bits per heavy atom. The van der Waals surface area contributed by atoms with Crippen LogP contribution in [0.3, 0.4) is 0 Å². The Kier molecular flexibility index (Phi) is 5.20. The molecule has 1 heterocycles. The number of benzene rings is 1. The van der Waals surface area contributed by atoms with Gasteiger partial charge >= 0.3 is 0 Å². The zero-order chi connectivity index (χ0) is 16.1. The Hall–Kier alpha value is -2.30. The van der Waals surface area contributed by atoms with Crippen LogP contribution in [0.2, 0.25) is 0 Å². The number of hydrogen-bond acceptors (Lipinski definition) is 3. The van der Waals surface area contributed by atoms with Gasteiger partial charge in [-0.3, -0.25) is 9.48 Å². The molecule has 0 atom stereocenters. The standard InChI is InChI=1S/C17H23N3O2/c1-12-5-7-16(8-6-12)22-11-17(21)18-9-10-20-15(4)13(2)14(3)19-20/h5-8H,9-11H2,1-4H3,(H,18,21). The Bertz CT molecular complexity index is 645. The summed E-state index contributed by atoms with van der Waals surface area (Å²) >= 11 is 0. The first kappa shape index (κ1) is 16.1. The highest BCUT2D eigenvalue weighted by Crippen LogP contribution is 2.11. The number of aryl methyl sites for hydroxylation is 2. The number of aromatic nitrogens is 2. The second-order valence-corrected chi connectivity index (χ2v) is 5.47. The van der Waals surface area contributed by atoms with Crippen molar-refractivity contribution in [3.63, 3.8) is 0 Å². The Balaban J connectivity index is 1.73. The van der Waals surface area contributed by atoms with Crippen molar-refractivity contribution in [3.8, 4) is 5.75 Å². The maximum Gasteiger partial charge on any atom is 0.258 e. The lowest BCUT2D eigenvalue weighted by molar-refractivity contribution is -0.123. The fraction of sp³-hybridized carbons (Fsp3) is 0.412. The highest BCUT2D eigenvalue weighted by molar-refractivity contribution is 5.77. The van der Waals surface area contributed by atoms with Gasteiger partial charge < -0.3 is 10.1 Å². The average Bonchev–Trinajstić information content (AvgIpc) is 2.74. The largest absolute Gasteiger partial charge is 0.484 e. The summed E-state index contributed by atoms with van der Waals surface area (Å²) in [5.41, 5.74) is 4.54. The number of ether oxygens (including phenoxy) is 1. The first-order valence-corrected chi connectivity index (χ1v) is 7.44. The lowest BCUT2D eigenvalue weighted by Crippen LogP contribution is -2.32. The van der Waals surface area contributed by atoms with E-state index < -0.39 is 0 Å². The van der Waals surface area contributed by atoms with E-state index in [-0.39, 0.29) is 12.5 Å². The van der Waals surface area contributed by atoms with Crippen LogP contribution in [0.25, 0.3) is 0 Å². The minimum atomic E-state index is -0.126. The lowest BCUT2D eigenvalue weighted by Gasteiger charge is -2.09. The SMILES string of the molecule is Cc1ccc(OCC(=O)NCCn2nc(C)c(C)c2C)cc1. The Labute approximate surface area is 131 Å². The van der Waals surface area contributed by atoms with Gasteiger partial charge in [0.25, 0.3) is 5.91 Å². The first-order valence-electron chi connectivity index (χ1n) is 7.44. The number of rotatable bonds is 6. The van der Waals surface area contributed by atoms with Crippen LogP contribution in [0.5, 0.6) is 5.75 Å². The minimum absolute atomic E-state index is 0.0270. The first-order chi connectivity index (χ1) is 10.5. The molecule has 0 aliphatic heterocycles. The van der Waals surface area contributed by atoms with Crippen LogP contribution in [0, 0.1) is 27.7 Å². The van der Waals surface area contributed by atoms with Gasteiger partial charge in [-0.15, -0.1) is 0 Å². The number of carbonyl (C=O) groups is 1. The second kappa shape index (κ2) is 7.11. The molecule has 5 heteroatoms. The molecule has 0 aliphatic carbocycles. The van der Waals surface area contributed by atoms with Crippen LogP contribution >= 0.6 is 0 Å². The molecule has 5 nitrogen and oxygen atoms in total. The number of hydrogen-bond donors (Lipinski definition) is 1. The summed E-state index contributed by atoms with van der Waals surface area (Å²) in [5, 5.41) is 7.29.